The molecule has 1 heterocycles. The van der Waals surface area contributed by atoms with Crippen LogP contribution in [0.25, 0.3) is 0 Å². The summed E-state index contributed by atoms with van der Waals surface area (Å²) in [7, 11) is 0. The Kier molecular flexibility index (Phi) is 6.68. The third-order valence-corrected chi connectivity index (χ3v) is 3.04. The van der Waals surface area contributed by atoms with Crippen LogP contribution in [0.2, 0.25) is 0 Å². The van der Waals surface area contributed by atoms with Crippen LogP contribution in [-0.2, 0) is 6.54 Å². The van der Waals surface area contributed by atoms with E-state index >= 15 is 0 Å². The average Bonchev–Trinajstić information content (AvgIpc) is 2.96. The predicted octanol–water partition coefficient (Wildman–Crippen LogP) is 3.66. The van der Waals surface area contributed by atoms with Gasteiger partial charge in [-0.3, -0.25) is 4.79 Å². The molecule has 2 aromatic rings. The van der Waals surface area contributed by atoms with Crippen molar-refractivity contribution in [3.63, 3.8) is 0 Å². The molecule has 0 aliphatic heterocycles. The third kappa shape index (κ3) is 5.17. The molecule has 0 saturated heterocycles. The van der Waals surface area contributed by atoms with E-state index in [2.05, 4.69) is 5.32 Å². The molecule has 1 aromatic heterocycles. The molecule has 0 saturated carbocycles. The number of hydrogen-bond donors (Lipinski definition) is 2. The van der Waals surface area contributed by atoms with Crippen LogP contribution in [-0.4, -0.2) is 18.7 Å². The van der Waals surface area contributed by atoms with Crippen molar-refractivity contribution in [3.8, 4) is 5.75 Å². The van der Waals surface area contributed by atoms with Crippen LogP contribution in [0.4, 0.5) is 18.9 Å². The molecule has 2 rings (SSSR count). The van der Waals surface area contributed by atoms with E-state index in [0.717, 1.165) is 0 Å². The maximum Gasteiger partial charge on any atom is 0.422 e. The maximum absolute atomic E-state index is 12.2. The number of carbonyl (C=O) groups excluding carboxylic acids is 1. The molecule has 0 atom stereocenters. The van der Waals surface area contributed by atoms with Gasteiger partial charge in [-0.15, -0.1) is 12.4 Å². The Hall–Kier alpha value is -2.19. The Morgan fingerprint density at radius 1 is 1.38 bits per heavy atom. The van der Waals surface area contributed by atoms with E-state index in [4.69, 9.17) is 14.9 Å². The van der Waals surface area contributed by atoms with Crippen LogP contribution >= 0.6 is 12.4 Å². The van der Waals surface area contributed by atoms with Crippen molar-refractivity contribution in [1.29, 1.82) is 0 Å². The highest BCUT2D eigenvalue weighted by atomic mass is 35.5. The summed E-state index contributed by atoms with van der Waals surface area (Å²) in [5.41, 5.74) is 6.41. The standard InChI is InChI=1S/C15H15F3N2O3.ClH/c1-9-12(3-2-4-13(9)23-8-15(16,17)18)20-14(21)10-5-11(6-19)22-7-10;/h2-5,7H,6,8,19H2,1H3,(H,20,21);1H. The van der Waals surface area contributed by atoms with Crippen molar-refractivity contribution in [2.75, 3.05) is 11.9 Å². The molecule has 1 aromatic carbocycles. The largest absolute Gasteiger partial charge is 0.484 e. The summed E-state index contributed by atoms with van der Waals surface area (Å²) in [6, 6.07) is 5.96. The Morgan fingerprint density at radius 2 is 2.08 bits per heavy atom. The van der Waals surface area contributed by atoms with Crippen molar-refractivity contribution in [2.24, 2.45) is 5.73 Å². The number of nitrogens with one attached hydrogen (secondary N) is 1. The number of furan rings is 1. The van der Waals surface area contributed by atoms with Crippen LogP contribution in [0.15, 0.2) is 34.9 Å². The highest BCUT2D eigenvalue weighted by Crippen LogP contribution is 2.27. The molecule has 132 valence electrons. The van der Waals surface area contributed by atoms with Crippen LogP contribution in [0.3, 0.4) is 0 Å². The Bertz CT molecular complexity index is 702. The molecule has 0 spiro atoms. The van der Waals surface area contributed by atoms with Gasteiger partial charge < -0.3 is 20.2 Å². The predicted molar refractivity (Wildman–Crippen MR) is 84.5 cm³/mol. The maximum atomic E-state index is 12.2. The SMILES string of the molecule is Cc1c(NC(=O)c2coc(CN)c2)cccc1OCC(F)(F)F.Cl. The second-order valence-electron chi connectivity index (χ2n) is 4.79. The van der Waals surface area contributed by atoms with Crippen molar-refractivity contribution < 1.29 is 27.1 Å². The third-order valence-electron chi connectivity index (χ3n) is 3.04. The molecule has 3 N–H and O–H groups in total. The van der Waals surface area contributed by atoms with Gasteiger partial charge in [0.25, 0.3) is 5.91 Å². The van der Waals surface area contributed by atoms with Gasteiger partial charge in [0.15, 0.2) is 6.61 Å². The monoisotopic (exact) mass is 364 g/mol. The zero-order valence-electron chi connectivity index (χ0n) is 12.6. The van der Waals surface area contributed by atoms with Crippen LogP contribution in [0, 0.1) is 6.92 Å². The van der Waals surface area contributed by atoms with Gasteiger partial charge in [0.2, 0.25) is 0 Å². The van der Waals surface area contributed by atoms with E-state index in [1.807, 2.05) is 0 Å². The first-order chi connectivity index (χ1) is 10.8. The molecule has 0 bridgehead atoms. The first-order valence-electron chi connectivity index (χ1n) is 6.68. The molecular weight excluding hydrogens is 349 g/mol. The van der Waals surface area contributed by atoms with Crippen molar-refractivity contribution >= 4 is 24.0 Å². The number of alkyl halides is 3. The van der Waals surface area contributed by atoms with Crippen LogP contribution in [0.1, 0.15) is 21.7 Å². The van der Waals surface area contributed by atoms with Gasteiger partial charge in [0, 0.05) is 11.3 Å². The van der Waals surface area contributed by atoms with Gasteiger partial charge in [0.1, 0.15) is 17.8 Å². The van der Waals surface area contributed by atoms with E-state index in [1.54, 1.807) is 13.0 Å². The summed E-state index contributed by atoms with van der Waals surface area (Å²) >= 11 is 0. The summed E-state index contributed by atoms with van der Waals surface area (Å²) in [4.78, 5) is 12.1. The highest BCUT2D eigenvalue weighted by Gasteiger charge is 2.28. The van der Waals surface area contributed by atoms with Gasteiger partial charge >= 0.3 is 6.18 Å². The van der Waals surface area contributed by atoms with E-state index in [1.165, 1.54) is 24.5 Å². The number of ether oxygens (including phenoxy) is 1. The fourth-order valence-electron chi connectivity index (χ4n) is 1.87. The number of anilines is 1. The summed E-state index contributed by atoms with van der Waals surface area (Å²) in [6.07, 6.45) is -3.17. The fraction of sp³-hybridized carbons (Fsp3) is 0.267. The summed E-state index contributed by atoms with van der Waals surface area (Å²) in [5, 5.41) is 2.60. The summed E-state index contributed by atoms with van der Waals surface area (Å²) in [5.74, 6) is 0.0496. The van der Waals surface area contributed by atoms with Gasteiger partial charge in [-0.2, -0.15) is 13.2 Å². The second kappa shape index (κ2) is 8.07. The van der Waals surface area contributed by atoms with Gasteiger partial charge in [0.05, 0.1) is 12.1 Å². The highest BCUT2D eigenvalue weighted by molar-refractivity contribution is 6.04. The van der Waals surface area contributed by atoms with Gasteiger partial charge in [-0.25, -0.2) is 0 Å². The number of amides is 1. The first-order valence-corrected chi connectivity index (χ1v) is 6.68. The van der Waals surface area contributed by atoms with E-state index in [0.29, 0.717) is 17.0 Å². The van der Waals surface area contributed by atoms with Crippen LogP contribution < -0.4 is 15.8 Å². The zero-order valence-corrected chi connectivity index (χ0v) is 13.5. The zero-order chi connectivity index (χ0) is 17.0. The average molecular weight is 365 g/mol. The number of carbonyl (C=O) groups is 1. The minimum atomic E-state index is -4.43. The van der Waals surface area contributed by atoms with Crippen LogP contribution in [0.5, 0.6) is 5.75 Å². The molecule has 0 unspecified atom stereocenters. The minimum absolute atomic E-state index is 0. The molecule has 0 fully saturated rings. The van der Waals surface area contributed by atoms with E-state index < -0.39 is 18.7 Å². The quantitative estimate of drug-likeness (QED) is 0.848. The van der Waals surface area contributed by atoms with E-state index in [-0.39, 0.29) is 30.3 Å². The fourth-order valence-corrected chi connectivity index (χ4v) is 1.87. The van der Waals surface area contributed by atoms with Crippen molar-refractivity contribution in [1.82, 2.24) is 0 Å². The lowest BCUT2D eigenvalue weighted by Gasteiger charge is -2.14. The number of hydrogen-bond acceptors (Lipinski definition) is 4. The molecule has 0 aliphatic carbocycles. The molecule has 0 aliphatic rings. The number of halogens is 4. The van der Waals surface area contributed by atoms with Crippen molar-refractivity contribution in [3.05, 3.63) is 47.4 Å². The topological polar surface area (TPSA) is 77.5 Å². The van der Waals surface area contributed by atoms with Gasteiger partial charge in [-0.1, -0.05) is 6.07 Å². The lowest BCUT2D eigenvalue weighted by molar-refractivity contribution is -0.153. The number of benzene rings is 1. The Morgan fingerprint density at radius 3 is 2.67 bits per heavy atom. The summed E-state index contributed by atoms with van der Waals surface area (Å²) < 4.78 is 46.5. The van der Waals surface area contributed by atoms with Gasteiger partial charge in [-0.05, 0) is 25.1 Å². The number of rotatable bonds is 5. The molecule has 5 nitrogen and oxygen atoms in total. The number of nitrogens with two attached hydrogens (primary N) is 1. The molecule has 9 heteroatoms. The second-order valence-corrected chi connectivity index (χ2v) is 4.79. The summed E-state index contributed by atoms with van der Waals surface area (Å²) in [6.45, 7) is 0.321. The molecule has 0 radical (unpaired) electrons. The molecular formula is C15H16ClF3N2O3. The normalized spacial score (nSPS) is 10.9. The lowest BCUT2D eigenvalue weighted by Crippen LogP contribution is -2.20. The van der Waals surface area contributed by atoms with E-state index in [9.17, 15) is 18.0 Å². The molecule has 24 heavy (non-hydrogen) atoms. The Labute approximate surface area is 142 Å². The molecule has 1 amide bonds. The first kappa shape index (κ1) is 19.9. The minimum Gasteiger partial charge on any atom is -0.484 e. The Balaban J connectivity index is 0.00000288. The van der Waals surface area contributed by atoms with Crippen molar-refractivity contribution in [2.45, 2.75) is 19.6 Å². The smallest absolute Gasteiger partial charge is 0.422 e. The lowest BCUT2D eigenvalue weighted by atomic mass is 10.1.